The fourth-order valence-corrected chi connectivity index (χ4v) is 3.26. The van der Waals surface area contributed by atoms with Crippen molar-refractivity contribution in [3.63, 3.8) is 0 Å². The minimum Gasteiger partial charge on any atom is -0.481 e. The molecule has 2 nitrogen and oxygen atoms in total. The summed E-state index contributed by atoms with van der Waals surface area (Å²) in [4.78, 5) is 10.9. The first-order valence-electron chi connectivity index (χ1n) is 4.93. The van der Waals surface area contributed by atoms with Gasteiger partial charge >= 0.3 is 5.97 Å². The summed E-state index contributed by atoms with van der Waals surface area (Å²) in [6.45, 7) is 2.21. The third-order valence-corrected chi connectivity index (χ3v) is 3.82. The Morgan fingerprint density at radius 3 is 2.67 bits per heavy atom. The standard InChI is InChI=1S/C10H16O2/c1-6-5-9(10(11)12)8-4-2-3-7(6)8/h6-9H,2-5H2,1H3,(H,11,12)/t6-,7+,8-,9-/m0/s1. The van der Waals surface area contributed by atoms with Gasteiger partial charge in [-0.3, -0.25) is 4.79 Å². The molecule has 0 radical (unpaired) electrons. The Labute approximate surface area is 73.0 Å². The van der Waals surface area contributed by atoms with Crippen molar-refractivity contribution in [2.24, 2.45) is 23.7 Å². The van der Waals surface area contributed by atoms with Gasteiger partial charge in [0.25, 0.3) is 0 Å². The van der Waals surface area contributed by atoms with Crippen LogP contribution in [0.3, 0.4) is 0 Å². The molecule has 0 aliphatic heterocycles. The van der Waals surface area contributed by atoms with E-state index in [9.17, 15) is 4.79 Å². The van der Waals surface area contributed by atoms with Gasteiger partial charge in [-0.05, 0) is 37.0 Å². The highest BCUT2D eigenvalue weighted by Gasteiger charge is 2.46. The fraction of sp³-hybridized carbons (Fsp3) is 0.900. The molecule has 1 N–H and O–H groups in total. The second-order valence-corrected chi connectivity index (χ2v) is 4.42. The number of hydrogen-bond acceptors (Lipinski definition) is 1. The molecule has 2 rings (SSSR count). The number of hydrogen-bond donors (Lipinski definition) is 1. The van der Waals surface area contributed by atoms with E-state index < -0.39 is 5.97 Å². The van der Waals surface area contributed by atoms with Crippen molar-refractivity contribution >= 4 is 5.97 Å². The average molecular weight is 168 g/mol. The summed E-state index contributed by atoms with van der Waals surface area (Å²) < 4.78 is 0. The van der Waals surface area contributed by atoms with Crippen molar-refractivity contribution in [1.29, 1.82) is 0 Å². The summed E-state index contributed by atoms with van der Waals surface area (Å²) in [6, 6.07) is 0. The normalized spacial score (nSPS) is 46.1. The number of carboxylic acids is 1. The van der Waals surface area contributed by atoms with Crippen LogP contribution in [0.15, 0.2) is 0 Å². The van der Waals surface area contributed by atoms with Crippen LogP contribution in [0.25, 0.3) is 0 Å². The summed E-state index contributed by atoms with van der Waals surface area (Å²) in [5.41, 5.74) is 0. The smallest absolute Gasteiger partial charge is 0.306 e. The predicted molar refractivity (Wildman–Crippen MR) is 45.7 cm³/mol. The van der Waals surface area contributed by atoms with E-state index in [4.69, 9.17) is 5.11 Å². The van der Waals surface area contributed by atoms with Crippen LogP contribution >= 0.6 is 0 Å². The fourth-order valence-electron chi connectivity index (χ4n) is 3.26. The Bertz CT molecular complexity index is 200. The molecule has 0 bridgehead atoms. The van der Waals surface area contributed by atoms with Crippen molar-refractivity contribution in [3.8, 4) is 0 Å². The average Bonchev–Trinajstić information content (AvgIpc) is 2.53. The molecule has 0 unspecified atom stereocenters. The summed E-state index contributed by atoms with van der Waals surface area (Å²) in [7, 11) is 0. The number of fused-ring (bicyclic) bond motifs is 1. The topological polar surface area (TPSA) is 37.3 Å². The maximum Gasteiger partial charge on any atom is 0.306 e. The van der Waals surface area contributed by atoms with Crippen molar-refractivity contribution in [2.45, 2.75) is 32.6 Å². The maximum atomic E-state index is 10.9. The molecule has 2 heteroatoms. The number of aliphatic carboxylic acids is 1. The van der Waals surface area contributed by atoms with Crippen LogP contribution < -0.4 is 0 Å². The van der Waals surface area contributed by atoms with Crippen LogP contribution in [-0.2, 0) is 4.79 Å². The number of carboxylic acid groups (broad SMARTS) is 1. The second-order valence-electron chi connectivity index (χ2n) is 4.42. The van der Waals surface area contributed by atoms with Gasteiger partial charge < -0.3 is 5.11 Å². The first-order chi connectivity index (χ1) is 5.70. The SMILES string of the molecule is C[C@H]1C[C@H](C(=O)O)[C@H]2CCC[C@@H]21. The van der Waals surface area contributed by atoms with Gasteiger partial charge in [-0.15, -0.1) is 0 Å². The molecule has 0 heterocycles. The zero-order valence-corrected chi connectivity index (χ0v) is 7.49. The summed E-state index contributed by atoms with van der Waals surface area (Å²) in [5, 5.41) is 8.98. The van der Waals surface area contributed by atoms with Gasteiger partial charge in [0.2, 0.25) is 0 Å². The maximum absolute atomic E-state index is 10.9. The highest BCUT2D eigenvalue weighted by molar-refractivity contribution is 5.71. The molecule has 68 valence electrons. The summed E-state index contributed by atoms with van der Waals surface area (Å²) in [6.07, 6.45) is 4.61. The van der Waals surface area contributed by atoms with Crippen LogP contribution in [-0.4, -0.2) is 11.1 Å². The quantitative estimate of drug-likeness (QED) is 0.651. The predicted octanol–water partition coefficient (Wildman–Crippen LogP) is 2.14. The molecule has 0 spiro atoms. The van der Waals surface area contributed by atoms with Crippen LogP contribution in [0.2, 0.25) is 0 Å². The van der Waals surface area contributed by atoms with Gasteiger partial charge in [0.15, 0.2) is 0 Å². The third kappa shape index (κ3) is 1.05. The van der Waals surface area contributed by atoms with Crippen molar-refractivity contribution < 1.29 is 9.90 Å². The Balaban J connectivity index is 2.14. The van der Waals surface area contributed by atoms with Gasteiger partial charge in [-0.2, -0.15) is 0 Å². The largest absolute Gasteiger partial charge is 0.481 e. The zero-order chi connectivity index (χ0) is 8.72. The van der Waals surface area contributed by atoms with E-state index >= 15 is 0 Å². The van der Waals surface area contributed by atoms with Crippen molar-refractivity contribution in [3.05, 3.63) is 0 Å². The minimum absolute atomic E-state index is 0.0208. The Morgan fingerprint density at radius 1 is 1.33 bits per heavy atom. The molecular weight excluding hydrogens is 152 g/mol. The highest BCUT2D eigenvalue weighted by atomic mass is 16.4. The Morgan fingerprint density at radius 2 is 2.00 bits per heavy atom. The van der Waals surface area contributed by atoms with Gasteiger partial charge in [-0.25, -0.2) is 0 Å². The molecule has 0 saturated heterocycles. The van der Waals surface area contributed by atoms with E-state index in [-0.39, 0.29) is 5.92 Å². The second kappa shape index (κ2) is 2.75. The van der Waals surface area contributed by atoms with Gasteiger partial charge in [0.05, 0.1) is 5.92 Å². The molecule has 0 aromatic rings. The molecule has 2 fully saturated rings. The molecule has 0 aromatic heterocycles. The van der Waals surface area contributed by atoms with E-state index in [1.54, 1.807) is 0 Å². The summed E-state index contributed by atoms with van der Waals surface area (Å²) in [5.74, 6) is 1.31. The van der Waals surface area contributed by atoms with Gasteiger partial charge in [0, 0.05) is 0 Å². The molecule has 2 aliphatic carbocycles. The third-order valence-electron chi connectivity index (χ3n) is 3.82. The van der Waals surface area contributed by atoms with E-state index in [1.807, 2.05) is 0 Å². The zero-order valence-electron chi connectivity index (χ0n) is 7.49. The Kier molecular flexibility index (Phi) is 1.85. The Hall–Kier alpha value is -0.530. The monoisotopic (exact) mass is 168 g/mol. The summed E-state index contributed by atoms with van der Waals surface area (Å²) >= 11 is 0. The molecule has 2 aliphatic rings. The minimum atomic E-state index is -0.559. The molecular formula is C10H16O2. The lowest BCUT2D eigenvalue weighted by Gasteiger charge is -2.14. The molecule has 4 atom stereocenters. The van der Waals surface area contributed by atoms with Crippen LogP contribution in [0.4, 0.5) is 0 Å². The number of rotatable bonds is 1. The highest BCUT2D eigenvalue weighted by Crippen LogP contribution is 2.50. The molecule has 12 heavy (non-hydrogen) atoms. The molecule has 2 saturated carbocycles. The van der Waals surface area contributed by atoms with Crippen molar-refractivity contribution in [2.75, 3.05) is 0 Å². The number of carbonyl (C=O) groups is 1. The van der Waals surface area contributed by atoms with Gasteiger partial charge in [-0.1, -0.05) is 13.3 Å². The van der Waals surface area contributed by atoms with Crippen LogP contribution in [0.1, 0.15) is 32.6 Å². The van der Waals surface area contributed by atoms with Crippen molar-refractivity contribution in [1.82, 2.24) is 0 Å². The lowest BCUT2D eigenvalue weighted by atomic mass is 9.91. The first kappa shape index (κ1) is 8.09. The van der Waals surface area contributed by atoms with E-state index in [1.165, 1.54) is 12.8 Å². The van der Waals surface area contributed by atoms with Crippen LogP contribution in [0.5, 0.6) is 0 Å². The van der Waals surface area contributed by atoms with E-state index in [0.717, 1.165) is 18.8 Å². The first-order valence-corrected chi connectivity index (χ1v) is 4.93. The van der Waals surface area contributed by atoms with E-state index in [0.29, 0.717) is 11.8 Å². The van der Waals surface area contributed by atoms with Gasteiger partial charge in [0.1, 0.15) is 0 Å². The van der Waals surface area contributed by atoms with E-state index in [2.05, 4.69) is 6.92 Å². The lowest BCUT2D eigenvalue weighted by Crippen LogP contribution is -2.18. The molecule has 0 amide bonds. The lowest BCUT2D eigenvalue weighted by molar-refractivity contribution is -0.143. The van der Waals surface area contributed by atoms with Crippen LogP contribution in [0, 0.1) is 23.7 Å². The molecule has 0 aromatic carbocycles.